The Balaban J connectivity index is 1.69. The normalized spacial score (nSPS) is 25.8. The lowest BCUT2D eigenvalue weighted by molar-refractivity contribution is -0.277. The molecule has 4 rings (SSSR count). The highest BCUT2D eigenvalue weighted by molar-refractivity contribution is 5.93. The number of hydrogen-bond acceptors (Lipinski definition) is 7. The van der Waals surface area contributed by atoms with E-state index in [1.165, 1.54) is 0 Å². The molecule has 0 bridgehead atoms. The van der Waals surface area contributed by atoms with Gasteiger partial charge in [-0.05, 0) is 23.1 Å². The average molecular weight is 438 g/mol. The number of fused-ring (bicyclic) bond motifs is 1. The maximum absolute atomic E-state index is 10.4. The van der Waals surface area contributed by atoms with Gasteiger partial charge in [-0.15, -0.1) is 0 Å². The summed E-state index contributed by atoms with van der Waals surface area (Å²) < 4.78 is 16.8. The molecule has 32 heavy (non-hydrogen) atoms. The average Bonchev–Trinajstić information content (AvgIpc) is 2.84. The molecule has 1 aliphatic heterocycles. The van der Waals surface area contributed by atoms with Crippen LogP contribution in [0.3, 0.4) is 0 Å². The molecule has 0 aliphatic carbocycles. The third-order valence-corrected chi connectivity index (χ3v) is 5.56. The topological polar surface area (TPSA) is 109 Å². The third kappa shape index (κ3) is 4.48. The van der Waals surface area contributed by atoms with Crippen molar-refractivity contribution in [2.75, 3.05) is 13.7 Å². The summed E-state index contributed by atoms with van der Waals surface area (Å²) in [6.07, 6.45) is -2.98. The molecule has 0 amide bonds. The monoisotopic (exact) mass is 438 g/mol. The zero-order valence-corrected chi connectivity index (χ0v) is 17.5. The van der Waals surface area contributed by atoms with Gasteiger partial charge < -0.3 is 34.6 Å². The fourth-order valence-electron chi connectivity index (χ4n) is 3.70. The maximum atomic E-state index is 10.4. The Labute approximate surface area is 185 Å². The van der Waals surface area contributed by atoms with Crippen LogP contribution in [0.1, 0.15) is 11.1 Å². The first-order chi connectivity index (χ1) is 15.5. The zero-order chi connectivity index (χ0) is 22.7. The SMILES string of the molecule is COc1ccc(/C=C/c2ccc3ccccc3c2O[C@@H]2O[C@H](CO)[C@@H](O)[C@H](O)[C@H]2O)cc1. The molecule has 1 aliphatic rings. The molecule has 0 radical (unpaired) electrons. The fraction of sp³-hybridized carbons (Fsp3) is 0.280. The predicted octanol–water partition coefficient (Wildman–Crippen LogP) is 2.20. The van der Waals surface area contributed by atoms with Crippen molar-refractivity contribution in [1.29, 1.82) is 0 Å². The van der Waals surface area contributed by atoms with E-state index < -0.39 is 37.3 Å². The van der Waals surface area contributed by atoms with Crippen LogP contribution in [0.25, 0.3) is 22.9 Å². The van der Waals surface area contributed by atoms with Crippen LogP contribution in [0, 0.1) is 0 Å². The van der Waals surface area contributed by atoms with Crippen LogP contribution in [0.2, 0.25) is 0 Å². The standard InChI is InChI=1S/C25H26O7/c1-30-18-12-7-15(8-13-18)6-9-17-11-10-16-4-2-3-5-19(16)24(17)32-25-23(29)22(28)21(27)20(14-26)31-25/h2-13,20-23,25-29H,14H2,1H3/b9-6+/t20-,21-,22+,23-,25+/m1/s1. The highest BCUT2D eigenvalue weighted by Crippen LogP contribution is 2.34. The summed E-state index contributed by atoms with van der Waals surface area (Å²) in [6, 6.07) is 19.0. The molecule has 1 heterocycles. The molecule has 0 aromatic heterocycles. The molecule has 5 atom stereocenters. The summed E-state index contributed by atoms with van der Waals surface area (Å²) in [5.74, 6) is 1.22. The van der Waals surface area contributed by atoms with Crippen molar-refractivity contribution in [2.45, 2.75) is 30.7 Å². The van der Waals surface area contributed by atoms with Crippen molar-refractivity contribution in [3.05, 3.63) is 71.8 Å². The Kier molecular flexibility index (Phi) is 6.74. The van der Waals surface area contributed by atoms with E-state index in [-0.39, 0.29) is 0 Å². The van der Waals surface area contributed by atoms with E-state index in [9.17, 15) is 20.4 Å². The van der Waals surface area contributed by atoms with Gasteiger partial charge in [0.15, 0.2) is 0 Å². The number of methoxy groups -OCH3 is 1. The maximum Gasteiger partial charge on any atom is 0.229 e. The van der Waals surface area contributed by atoms with Gasteiger partial charge in [0.2, 0.25) is 6.29 Å². The van der Waals surface area contributed by atoms with Gasteiger partial charge in [-0.1, -0.05) is 60.7 Å². The number of hydrogen-bond donors (Lipinski definition) is 4. The molecule has 1 fully saturated rings. The van der Waals surface area contributed by atoms with E-state index in [2.05, 4.69) is 0 Å². The van der Waals surface area contributed by atoms with Gasteiger partial charge >= 0.3 is 0 Å². The first kappa shape index (κ1) is 22.3. The molecule has 7 nitrogen and oxygen atoms in total. The van der Waals surface area contributed by atoms with Crippen LogP contribution < -0.4 is 9.47 Å². The van der Waals surface area contributed by atoms with E-state index in [0.29, 0.717) is 5.75 Å². The molecule has 0 spiro atoms. The number of benzene rings is 3. The number of aliphatic hydroxyl groups excluding tert-OH is 4. The fourth-order valence-corrected chi connectivity index (χ4v) is 3.70. The lowest BCUT2D eigenvalue weighted by Gasteiger charge is -2.39. The summed E-state index contributed by atoms with van der Waals surface area (Å²) in [4.78, 5) is 0. The summed E-state index contributed by atoms with van der Waals surface area (Å²) in [5.41, 5.74) is 1.69. The van der Waals surface area contributed by atoms with Gasteiger partial charge in [-0.3, -0.25) is 0 Å². The van der Waals surface area contributed by atoms with Gasteiger partial charge in [-0.2, -0.15) is 0 Å². The Bertz CT molecular complexity index is 1080. The highest BCUT2D eigenvalue weighted by atomic mass is 16.7. The van der Waals surface area contributed by atoms with E-state index in [0.717, 1.165) is 27.6 Å². The minimum atomic E-state index is -1.51. The smallest absolute Gasteiger partial charge is 0.229 e. The summed E-state index contributed by atoms with van der Waals surface area (Å²) in [5, 5.41) is 41.8. The van der Waals surface area contributed by atoms with Crippen molar-refractivity contribution < 1.29 is 34.6 Å². The van der Waals surface area contributed by atoms with Crippen molar-refractivity contribution >= 4 is 22.9 Å². The van der Waals surface area contributed by atoms with Crippen molar-refractivity contribution in [3.8, 4) is 11.5 Å². The summed E-state index contributed by atoms with van der Waals surface area (Å²) in [6.45, 7) is -0.523. The van der Waals surface area contributed by atoms with Crippen molar-refractivity contribution in [2.24, 2.45) is 0 Å². The molecule has 4 N–H and O–H groups in total. The quantitative estimate of drug-likeness (QED) is 0.437. The van der Waals surface area contributed by atoms with E-state index >= 15 is 0 Å². The van der Waals surface area contributed by atoms with Crippen molar-refractivity contribution in [1.82, 2.24) is 0 Å². The van der Waals surface area contributed by atoms with Crippen LogP contribution in [0.5, 0.6) is 11.5 Å². The number of aliphatic hydroxyl groups is 4. The van der Waals surface area contributed by atoms with Crippen LogP contribution in [-0.4, -0.2) is 64.8 Å². The Morgan fingerprint density at radius 3 is 2.34 bits per heavy atom. The lowest BCUT2D eigenvalue weighted by atomic mass is 9.99. The number of ether oxygens (including phenoxy) is 3. The second-order valence-corrected chi connectivity index (χ2v) is 7.63. The Morgan fingerprint density at radius 1 is 0.875 bits per heavy atom. The minimum Gasteiger partial charge on any atom is -0.497 e. The van der Waals surface area contributed by atoms with Gasteiger partial charge in [0, 0.05) is 10.9 Å². The second-order valence-electron chi connectivity index (χ2n) is 7.63. The van der Waals surface area contributed by atoms with E-state index in [4.69, 9.17) is 14.2 Å². The van der Waals surface area contributed by atoms with Gasteiger partial charge in [0.05, 0.1) is 13.7 Å². The largest absolute Gasteiger partial charge is 0.497 e. The Morgan fingerprint density at radius 2 is 1.62 bits per heavy atom. The van der Waals surface area contributed by atoms with Gasteiger partial charge in [0.25, 0.3) is 0 Å². The first-order valence-electron chi connectivity index (χ1n) is 10.3. The highest BCUT2D eigenvalue weighted by Gasteiger charge is 2.45. The zero-order valence-electron chi connectivity index (χ0n) is 17.5. The molecule has 7 heteroatoms. The molecule has 0 unspecified atom stereocenters. The van der Waals surface area contributed by atoms with Gasteiger partial charge in [0.1, 0.15) is 35.9 Å². The Hall–Kier alpha value is -2.94. The summed E-state index contributed by atoms with van der Waals surface area (Å²) >= 11 is 0. The summed E-state index contributed by atoms with van der Waals surface area (Å²) in [7, 11) is 1.61. The molecule has 3 aromatic carbocycles. The van der Waals surface area contributed by atoms with Crippen LogP contribution in [-0.2, 0) is 4.74 Å². The molecule has 1 saturated heterocycles. The molecule has 3 aromatic rings. The second kappa shape index (κ2) is 9.68. The molecular formula is C25H26O7. The van der Waals surface area contributed by atoms with Gasteiger partial charge in [-0.25, -0.2) is 0 Å². The van der Waals surface area contributed by atoms with Crippen LogP contribution >= 0.6 is 0 Å². The molecule has 168 valence electrons. The van der Waals surface area contributed by atoms with Crippen molar-refractivity contribution in [3.63, 3.8) is 0 Å². The van der Waals surface area contributed by atoms with E-state index in [1.807, 2.05) is 72.8 Å². The predicted molar refractivity (Wildman–Crippen MR) is 120 cm³/mol. The van der Waals surface area contributed by atoms with E-state index in [1.54, 1.807) is 7.11 Å². The number of rotatable bonds is 6. The van der Waals surface area contributed by atoms with Crippen LogP contribution in [0.4, 0.5) is 0 Å². The lowest BCUT2D eigenvalue weighted by Crippen LogP contribution is -2.60. The minimum absolute atomic E-state index is 0.456. The first-order valence-corrected chi connectivity index (χ1v) is 10.3. The molecular weight excluding hydrogens is 412 g/mol. The third-order valence-electron chi connectivity index (χ3n) is 5.56. The van der Waals surface area contributed by atoms with Crippen LogP contribution in [0.15, 0.2) is 60.7 Å². The molecule has 0 saturated carbocycles.